The number of aromatic amines is 1. The quantitative estimate of drug-likeness (QED) is 0.800. The molecule has 3 aromatic rings. The van der Waals surface area contributed by atoms with Crippen molar-refractivity contribution in [3.63, 3.8) is 0 Å². The summed E-state index contributed by atoms with van der Waals surface area (Å²) in [6, 6.07) is 9.23. The summed E-state index contributed by atoms with van der Waals surface area (Å²) in [4.78, 5) is 16.2. The zero-order valence-corrected chi connectivity index (χ0v) is 13.0. The Kier molecular flexibility index (Phi) is 3.94. The molecule has 0 unspecified atom stereocenters. The molecule has 0 saturated heterocycles. The lowest BCUT2D eigenvalue weighted by molar-refractivity contribution is 0.591. The molecule has 4 nitrogen and oxygen atoms in total. The van der Waals surface area contributed by atoms with E-state index in [1.807, 2.05) is 36.6 Å². The highest BCUT2D eigenvalue weighted by Gasteiger charge is 2.06. The molecule has 0 atom stereocenters. The average Bonchev–Trinajstić information content (AvgIpc) is 3.04. The van der Waals surface area contributed by atoms with Gasteiger partial charge in [0.2, 0.25) is 0 Å². The molecule has 0 bridgehead atoms. The van der Waals surface area contributed by atoms with Gasteiger partial charge in [0.25, 0.3) is 5.56 Å². The zero-order chi connectivity index (χ0) is 14.8. The van der Waals surface area contributed by atoms with Gasteiger partial charge in [-0.25, -0.2) is 4.98 Å². The van der Waals surface area contributed by atoms with Gasteiger partial charge in [-0.15, -0.1) is 11.3 Å². The van der Waals surface area contributed by atoms with Crippen LogP contribution in [0.4, 0.5) is 0 Å². The Bertz CT molecular complexity index is 801. The van der Waals surface area contributed by atoms with Crippen LogP contribution in [0.15, 0.2) is 40.5 Å². The Hall–Kier alpha value is -1.85. The van der Waals surface area contributed by atoms with Gasteiger partial charge >= 0.3 is 0 Å². The molecule has 1 aromatic carbocycles. The van der Waals surface area contributed by atoms with Gasteiger partial charge in [-0.2, -0.15) is 0 Å². The zero-order valence-electron chi connectivity index (χ0n) is 11.5. The number of hydrogen-bond acceptors (Lipinski definition) is 3. The van der Waals surface area contributed by atoms with Gasteiger partial charge in [-0.05, 0) is 19.1 Å². The van der Waals surface area contributed by atoms with Crippen LogP contribution in [0.1, 0.15) is 10.7 Å². The first-order valence-corrected chi connectivity index (χ1v) is 7.84. The molecule has 0 radical (unpaired) electrons. The standard InChI is InChI=1S/C15H14ClN3OS/c1-10-8-15(20)19(18-10)7-6-14-17-13(9-21-14)11-2-4-12(16)5-3-11/h2-5,8-9,18H,6-7H2,1H3. The number of H-pyrrole nitrogens is 1. The van der Waals surface area contributed by atoms with Crippen molar-refractivity contribution in [2.45, 2.75) is 19.9 Å². The van der Waals surface area contributed by atoms with Crippen LogP contribution in [0, 0.1) is 6.92 Å². The molecule has 1 N–H and O–H groups in total. The normalized spacial score (nSPS) is 11.0. The van der Waals surface area contributed by atoms with Gasteiger partial charge in [0.1, 0.15) is 0 Å². The number of aromatic nitrogens is 3. The Labute approximate surface area is 131 Å². The summed E-state index contributed by atoms with van der Waals surface area (Å²) in [5.74, 6) is 0. The van der Waals surface area contributed by atoms with E-state index in [0.29, 0.717) is 6.54 Å². The highest BCUT2D eigenvalue weighted by molar-refractivity contribution is 7.09. The number of benzene rings is 1. The van der Waals surface area contributed by atoms with Crippen molar-refractivity contribution in [2.24, 2.45) is 0 Å². The molecular formula is C15H14ClN3OS. The van der Waals surface area contributed by atoms with E-state index in [9.17, 15) is 4.79 Å². The van der Waals surface area contributed by atoms with Gasteiger partial charge in [0, 0.05) is 40.7 Å². The van der Waals surface area contributed by atoms with Crippen LogP contribution in [-0.2, 0) is 13.0 Å². The number of aryl methyl sites for hydroxylation is 3. The fourth-order valence-corrected chi connectivity index (χ4v) is 3.04. The number of halogens is 1. The second kappa shape index (κ2) is 5.87. The summed E-state index contributed by atoms with van der Waals surface area (Å²) in [6.07, 6.45) is 0.734. The summed E-state index contributed by atoms with van der Waals surface area (Å²) in [7, 11) is 0. The first kappa shape index (κ1) is 14.1. The molecule has 0 amide bonds. The third kappa shape index (κ3) is 3.25. The maximum atomic E-state index is 11.6. The highest BCUT2D eigenvalue weighted by atomic mass is 35.5. The minimum Gasteiger partial charge on any atom is -0.300 e. The van der Waals surface area contributed by atoms with Crippen LogP contribution in [-0.4, -0.2) is 14.8 Å². The summed E-state index contributed by atoms with van der Waals surface area (Å²) < 4.78 is 1.61. The highest BCUT2D eigenvalue weighted by Crippen LogP contribution is 2.23. The lowest BCUT2D eigenvalue weighted by Crippen LogP contribution is -2.17. The van der Waals surface area contributed by atoms with E-state index in [1.165, 1.54) is 0 Å². The Morgan fingerprint density at radius 2 is 2.10 bits per heavy atom. The van der Waals surface area contributed by atoms with E-state index in [0.717, 1.165) is 33.4 Å². The first-order chi connectivity index (χ1) is 10.1. The van der Waals surface area contributed by atoms with Crippen LogP contribution in [0.25, 0.3) is 11.3 Å². The Balaban J connectivity index is 1.72. The largest absolute Gasteiger partial charge is 0.300 e. The van der Waals surface area contributed by atoms with E-state index in [4.69, 9.17) is 11.6 Å². The fraction of sp³-hybridized carbons (Fsp3) is 0.200. The van der Waals surface area contributed by atoms with Crippen LogP contribution in [0.5, 0.6) is 0 Å². The van der Waals surface area contributed by atoms with Crippen molar-refractivity contribution in [3.05, 3.63) is 61.8 Å². The smallest absolute Gasteiger partial charge is 0.266 e. The second-order valence-electron chi connectivity index (χ2n) is 4.81. The lowest BCUT2D eigenvalue weighted by Gasteiger charge is -1.99. The van der Waals surface area contributed by atoms with E-state index in [-0.39, 0.29) is 5.56 Å². The molecule has 0 fully saturated rings. The molecular weight excluding hydrogens is 306 g/mol. The molecule has 0 saturated carbocycles. The summed E-state index contributed by atoms with van der Waals surface area (Å²) in [5.41, 5.74) is 2.87. The number of thiazole rings is 1. The fourth-order valence-electron chi connectivity index (χ4n) is 2.12. The number of rotatable bonds is 4. The first-order valence-electron chi connectivity index (χ1n) is 6.58. The molecule has 0 aliphatic heterocycles. The number of nitrogens with zero attached hydrogens (tertiary/aromatic N) is 2. The topological polar surface area (TPSA) is 50.7 Å². The lowest BCUT2D eigenvalue weighted by atomic mass is 10.2. The molecule has 0 spiro atoms. The van der Waals surface area contributed by atoms with Gasteiger partial charge in [0.05, 0.1) is 10.7 Å². The van der Waals surface area contributed by atoms with Gasteiger partial charge in [0.15, 0.2) is 0 Å². The summed E-state index contributed by atoms with van der Waals surface area (Å²) in [5, 5.41) is 6.79. The van der Waals surface area contributed by atoms with Crippen molar-refractivity contribution in [2.75, 3.05) is 0 Å². The molecule has 6 heteroatoms. The molecule has 2 heterocycles. The molecule has 0 aliphatic rings. The second-order valence-corrected chi connectivity index (χ2v) is 6.19. The molecule has 108 valence electrons. The van der Waals surface area contributed by atoms with Gasteiger partial charge in [-0.1, -0.05) is 23.7 Å². The van der Waals surface area contributed by atoms with Crippen molar-refractivity contribution in [1.29, 1.82) is 0 Å². The third-order valence-electron chi connectivity index (χ3n) is 3.16. The van der Waals surface area contributed by atoms with Crippen molar-refractivity contribution in [3.8, 4) is 11.3 Å². The number of nitrogens with one attached hydrogen (secondary N) is 1. The Morgan fingerprint density at radius 3 is 2.76 bits per heavy atom. The maximum Gasteiger partial charge on any atom is 0.266 e. The monoisotopic (exact) mass is 319 g/mol. The molecule has 0 aliphatic carbocycles. The van der Waals surface area contributed by atoms with Crippen LogP contribution < -0.4 is 5.56 Å². The summed E-state index contributed by atoms with van der Waals surface area (Å²) in [6.45, 7) is 2.49. The minimum atomic E-state index is 0.00183. The van der Waals surface area contributed by atoms with E-state index < -0.39 is 0 Å². The van der Waals surface area contributed by atoms with Crippen LogP contribution in [0.3, 0.4) is 0 Å². The van der Waals surface area contributed by atoms with Crippen molar-refractivity contribution >= 4 is 22.9 Å². The van der Waals surface area contributed by atoms with Gasteiger partial charge in [-0.3, -0.25) is 14.6 Å². The van der Waals surface area contributed by atoms with Gasteiger partial charge < -0.3 is 0 Å². The van der Waals surface area contributed by atoms with Crippen LogP contribution in [0.2, 0.25) is 5.02 Å². The van der Waals surface area contributed by atoms with Crippen LogP contribution >= 0.6 is 22.9 Å². The molecule has 2 aromatic heterocycles. The molecule has 3 rings (SSSR count). The van der Waals surface area contributed by atoms with E-state index in [2.05, 4.69) is 10.1 Å². The van der Waals surface area contributed by atoms with Crippen molar-refractivity contribution < 1.29 is 0 Å². The van der Waals surface area contributed by atoms with Crippen molar-refractivity contribution in [1.82, 2.24) is 14.8 Å². The van der Waals surface area contributed by atoms with E-state index >= 15 is 0 Å². The maximum absolute atomic E-state index is 11.6. The van der Waals surface area contributed by atoms with E-state index in [1.54, 1.807) is 22.1 Å². The SMILES string of the molecule is Cc1cc(=O)n(CCc2nc(-c3ccc(Cl)cc3)cs2)[nH]1. The number of hydrogen-bond donors (Lipinski definition) is 1. The predicted molar refractivity (Wildman–Crippen MR) is 86.1 cm³/mol. The summed E-state index contributed by atoms with van der Waals surface area (Å²) >= 11 is 7.49. The Morgan fingerprint density at radius 1 is 1.33 bits per heavy atom. The third-order valence-corrected chi connectivity index (χ3v) is 4.32. The predicted octanol–water partition coefficient (Wildman–Crippen LogP) is 3.50. The minimum absolute atomic E-state index is 0.00183. The average molecular weight is 320 g/mol. The molecule has 21 heavy (non-hydrogen) atoms.